The number of aromatic hydroxyl groups is 1. The number of methoxy groups -OCH3 is 1. The molecule has 0 aliphatic heterocycles. The summed E-state index contributed by atoms with van der Waals surface area (Å²) < 4.78 is 44.0. The van der Waals surface area contributed by atoms with Gasteiger partial charge in [-0.1, -0.05) is 0 Å². The van der Waals surface area contributed by atoms with Crippen LogP contribution in [-0.2, 0) is 4.74 Å². The van der Waals surface area contributed by atoms with Gasteiger partial charge in [-0.25, -0.2) is 4.79 Å². The van der Waals surface area contributed by atoms with Crippen molar-refractivity contribution in [1.29, 1.82) is 5.26 Å². The smallest absolute Gasteiger partial charge is 0.504 e. The van der Waals surface area contributed by atoms with E-state index >= 15 is 0 Å². The Balaban J connectivity index is 3.37. The Bertz CT molecular complexity index is 519. The number of nitriles is 1. The molecule has 0 heterocycles. The van der Waals surface area contributed by atoms with Crippen LogP contribution in [0.3, 0.4) is 0 Å². The largest absolute Gasteiger partial charge is 0.573 e. The quantitative estimate of drug-likeness (QED) is 0.823. The zero-order chi connectivity index (χ0) is 13.9. The van der Waals surface area contributed by atoms with E-state index in [1.54, 1.807) is 0 Å². The first kappa shape index (κ1) is 13.6. The van der Waals surface area contributed by atoms with E-state index in [1.807, 2.05) is 0 Å². The molecule has 8 heteroatoms. The molecule has 1 N–H and O–H groups in total. The Hall–Kier alpha value is -2.43. The zero-order valence-corrected chi connectivity index (χ0v) is 8.91. The molecule has 18 heavy (non-hydrogen) atoms. The van der Waals surface area contributed by atoms with Crippen molar-refractivity contribution in [3.63, 3.8) is 0 Å². The van der Waals surface area contributed by atoms with Crippen LogP contribution in [0.4, 0.5) is 13.2 Å². The van der Waals surface area contributed by atoms with Crippen molar-refractivity contribution in [3.05, 3.63) is 23.3 Å². The van der Waals surface area contributed by atoms with Gasteiger partial charge in [0.1, 0.15) is 11.6 Å². The van der Waals surface area contributed by atoms with E-state index in [4.69, 9.17) is 5.26 Å². The molecule has 1 aromatic rings. The highest BCUT2D eigenvalue weighted by molar-refractivity contribution is 5.93. The summed E-state index contributed by atoms with van der Waals surface area (Å²) in [5.74, 6) is -3.28. The number of ether oxygens (including phenoxy) is 2. The fourth-order valence-corrected chi connectivity index (χ4v) is 1.15. The molecule has 0 amide bonds. The highest BCUT2D eigenvalue weighted by Gasteiger charge is 2.34. The molecule has 0 saturated carbocycles. The SMILES string of the molecule is COC(=O)c1ccc(C#N)c(OC(F)(F)F)c1O. The normalized spacial score (nSPS) is 10.6. The number of carbonyl (C=O) groups is 1. The first-order valence-corrected chi connectivity index (χ1v) is 4.40. The Kier molecular flexibility index (Phi) is 3.66. The topological polar surface area (TPSA) is 79.6 Å². The van der Waals surface area contributed by atoms with Crippen molar-refractivity contribution >= 4 is 5.97 Å². The van der Waals surface area contributed by atoms with Gasteiger partial charge in [-0.3, -0.25) is 0 Å². The van der Waals surface area contributed by atoms with Crippen LogP contribution in [0.1, 0.15) is 15.9 Å². The summed E-state index contributed by atoms with van der Waals surface area (Å²) in [6.07, 6.45) is -5.10. The van der Waals surface area contributed by atoms with Gasteiger partial charge >= 0.3 is 12.3 Å². The number of hydrogen-bond acceptors (Lipinski definition) is 5. The number of carbonyl (C=O) groups excluding carboxylic acids is 1. The summed E-state index contributed by atoms with van der Waals surface area (Å²) >= 11 is 0. The number of hydrogen-bond donors (Lipinski definition) is 1. The minimum atomic E-state index is -5.10. The zero-order valence-electron chi connectivity index (χ0n) is 8.91. The van der Waals surface area contributed by atoms with Crippen LogP contribution in [0.15, 0.2) is 12.1 Å². The van der Waals surface area contributed by atoms with Gasteiger partial charge in [-0.05, 0) is 12.1 Å². The maximum absolute atomic E-state index is 12.1. The van der Waals surface area contributed by atoms with Crippen LogP contribution in [-0.4, -0.2) is 24.5 Å². The van der Waals surface area contributed by atoms with Crippen LogP contribution >= 0.6 is 0 Å². The predicted octanol–water partition coefficient (Wildman–Crippen LogP) is 1.95. The predicted molar refractivity (Wildman–Crippen MR) is 50.8 cm³/mol. The molecule has 5 nitrogen and oxygen atoms in total. The molecule has 0 unspecified atom stereocenters. The van der Waals surface area contributed by atoms with Crippen molar-refractivity contribution in [2.24, 2.45) is 0 Å². The van der Waals surface area contributed by atoms with E-state index in [9.17, 15) is 23.1 Å². The van der Waals surface area contributed by atoms with Crippen LogP contribution < -0.4 is 4.74 Å². The molecule has 0 fully saturated rings. The lowest BCUT2D eigenvalue weighted by atomic mass is 10.1. The molecule has 0 atom stereocenters. The highest BCUT2D eigenvalue weighted by atomic mass is 19.4. The molecule has 0 radical (unpaired) electrons. The van der Waals surface area contributed by atoms with Crippen LogP contribution in [0.2, 0.25) is 0 Å². The van der Waals surface area contributed by atoms with E-state index < -0.39 is 35.0 Å². The number of esters is 1. The van der Waals surface area contributed by atoms with E-state index in [1.165, 1.54) is 6.07 Å². The number of rotatable bonds is 2. The molecule has 0 saturated heterocycles. The van der Waals surface area contributed by atoms with Crippen LogP contribution in [0.5, 0.6) is 11.5 Å². The van der Waals surface area contributed by atoms with E-state index in [0.29, 0.717) is 0 Å². The minimum absolute atomic E-state index is 0.532. The van der Waals surface area contributed by atoms with Gasteiger partial charge in [-0.15, -0.1) is 13.2 Å². The second kappa shape index (κ2) is 4.83. The second-order valence-corrected chi connectivity index (χ2v) is 2.99. The first-order valence-electron chi connectivity index (χ1n) is 4.40. The lowest BCUT2D eigenvalue weighted by molar-refractivity contribution is -0.275. The maximum Gasteiger partial charge on any atom is 0.573 e. The molecule has 0 aliphatic carbocycles. The molecule has 0 aromatic heterocycles. The third kappa shape index (κ3) is 2.82. The molecule has 96 valence electrons. The van der Waals surface area contributed by atoms with Crippen molar-refractivity contribution in [2.45, 2.75) is 6.36 Å². The third-order valence-corrected chi connectivity index (χ3v) is 1.88. The standard InChI is InChI=1S/C10H6F3NO4/c1-17-9(16)6-3-2-5(4-14)8(7(6)15)18-10(11,12)13/h2-3,15H,1H3. The summed E-state index contributed by atoms with van der Waals surface area (Å²) in [5, 5.41) is 18.1. The fourth-order valence-electron chi connectivity index (χ4n) is 1.15. The van der Waals surface area contributed by atoms with Gasteiger partial charge in [0.05, 0.1) is 12.7 Å². The second-order valence-electron chi connectivity index (χ2n) is 2.99. The Morgan fingerprint density at radius 3 is 2.50 bits per heavy atom. The lowest BCUT2D eigenvalue weighted by Gasteiger charge is -2.13. The number of benzene rings is 1. The van der Waals surface area contributed by atoms with Gasteiger partial charge in [0.2, 0.25) is 0 Å². The number of nitrogens with zero attached hydrogens (tertiary/aromatic N) is 1. The van der Waals surface area contributed by atoms with Gasteiger partial charge in [0, 0.05) is 0 Å². The van der Waals surface area contributed by atoms with Crippen LogP contribution in [0, 0.1) is 11.3 Å². The van der Waals surface area contributed by atoms with Gasteiger partial charge in [0.25, 0.3) is 0 Å². The number of phenols is 1. The van der Waals surface area contributed by atoms with Gasteiger partial charge < -0.3 is 14.6 Å². The van der Waals surface area contributed by atoms with Gasteiger partial charge in [-0.2, -0.15) is 5.26 Å². The average Bonchev–Trinajstić information content (AvgIpc) is 2.29. The Morgan fingerprint density at radius 1 is 1.44 bits per heavy atom. The van der Waals surface area contributed by atoms with Gasteiger partial charge in [0.15, 0.2) is 11.5 Å². The number of halogens is 3. The summed E-state index contributed by atoms with van der Waals surface area (Å²) in [4.78, 5) is 11.1. The summed E-state index contributed by atoms with van der Waals surface area (Å²) in [6.45, 7) is 0. The maximum atomic E-state index is 12.1. The van der Waals surface area contributed by atoms with Crippen molar-refractivity contribution in [2.75, 3.05) is 7.11 Å². The van der Waals surface area contributed by atoms with E-state index in [0.717, 1.165) is 19.2 Å². The summed E-state index contributed by atoms with van der Waals surface area (Å²) in [5.41, 5.74) is -1.09. The van der Waals surface area contributed by atoms with Crippen molar-refractivity contribution < 1.29 is 32.5 Å². The molecule has 0 bridgehead atoms. The fraction of sp³-hybridized carbons (Fsp3) is 0.200. The first-order chi connectivity index (χ1) is 8.30. The molecule has 0 spiro atoms. The third-order valence-electron chi connectivity index (χ3n) is 1.88. The Labute approximate surface area is 99.0 Å². The van der Waals surface area contributed by atoms with E-state index in [-0.39, 0.29) is 0 Å². The Morgan fingerprint density at radius 2 is 2.06 bits per heavy atom. The summed E-state index contributed by atoms with van der Waals surface area (Å²) in [6, 6.07) is 3.28. The number of phenolic OH excluding ortho intramolecular Hbond substituents is 1. The minimum Gasteiger partial charge on any atom is -0.504 e. The molecule has 1 rings (SSSR count). The van der Waals surface area contributed by atoms with Crippen LogP contribution in [0.25, 0.3) is 0 Å². The molecular weight excluding hydrogens is 255 g/mol. The monoisotopic (exact) mass is 261 g/mol. The number of alkyl halides is 3. The summed E-state index contributed by atoms with van der Waals surface area (Å²) in [7, 11) is 0.990. The molecule has 1 aromatic carbocycles. The van der Waals surface area contributed by atoms with Crippen molar-refractivity contribution in [3.8, 4) is 17.6 Å². The molecule has 0 aliphatic rings. The lowest BCUT2D eigenvalue weighted by Crippen LogP contribution is -2.18. The van der Waals surface area contributed by atoms with E-state index in [2.05, 4.69) is 9.47 Å². The highest BCUT2D eigenvalue weighted by Crippen LogP contribution is 2.37. The molecular formula is C10H6F3NO4. The van der Waals surface area contributed by atoms with Crippen molar-refractivity contribution in [1.82, 2.24) is 0 Å². The average molecular weight is 261 g/mol.